The molecule has 94 valence electrons. The number of aromatic nitrogens is 1. The van der Waals surface area contributed by atoms with Crippen LogP contribution in [0.4, 0.5) is 9.52 Å². The number of hydrogen-bond acceptors (Lipinski definition) is 4. The molecule has 1 saturated heterocycles. The van der Waals surface area contributed by atoms with Crippen molar-refractivity contribution in [2.75, 3.05) is 11.9 Å². The summed E-state index contributed by atoms with van der Waals surface area (Å²) < 4.78 is 14.0. The summed E-state index contributed by atoms with van der Waals surface area (Å²) in [7, 11) is 0. The Bertz CT molecular complexity index is 598. The predicted molar refractivity (Wildman–Crippen MR) is 69.2 cm³/mol. The molecule has 1 atom stereocenters. The van der Waals surface area contributed by atoms with Crippen LogP contribution in [0, 0.1) is 5.82 Å². The third-order valence-corrected chi connectivity index (χ3v) is 3.93. The predicted octanol–water partition coefficient (Wildman–Crippen LogP) is 2.13. The Labute approximate surface area is 107 Å². The molecule has 2 heterocycles. The van der Waals surface area contributed by atoms with Crippen molar-refractivity contribution in [1.29, 1.82) is 0 Å². The highest BCUT2D eigenvalue weighted by molar-refractivity contribution is 7.22. The van der Waals surface area contributed by atoms with Gasteiger partial charge in [0, 0.05) is 25.1 Å². The first kappa shape index (κ1) is 11.4. The molecule has 1 aliphatic heterocycles. The molecular weight excluding hydrogens is 253 g/mol. The quantitative estimate of drug-likeness (QED) is 0.894. The summed E-state index contributed by atoms with van der Waals surface area (Å²) in [5.74, 6) is -0.171. The summed E-state index contributed by atoms with van der Waals surface area (Å²) in [6.07, 6.45) is 1.45. The van der Waals surface area contributed by atoms with Gasteiger partial charge in [0.25, 0.3) is 0 Å². The number of hydrogen-bond donors (Lipinski definition) is 2. The van der Waals surface area contributed by atoms with Gasteiger partial charge in [0.1, 0.15) is 5.82 Å². The molecule has 2 N–H and O–H groups in total. The first-order valence-corrected chi connectivity index (χ1v) is 6.62. The number of thiazole rings is 1. The maximum Gasteiger partial charge on any atom is 0.220 e. The molecule has 0 bridgehead atoms. The SMILES string of the molecule is O=C1CCC(CNc2nc3cc(F)ccc3s2)N1. The van der Waals surface area contributed by atoms with Crippen molar-refractivity contribution < 1.29 is 9.18 Å². The lowest BCUT2D eigenvalue weighted by molar-refractivity contribution is -0.119. The molecule has 0 aliphatic carbocycles. The average Bonchev–Trinajstić information content (AvgIpc) is 2.92. The van der Waals surface area contributed by atoms with Crippen LogP contribution in [0.2, 0.25) is 0 Å². The third kappa shape index (κ3) is 2.28. The Morgan fingerprint density at radius 3 is 3.22 bits per heavy atom. The number of carbonyl (C=O) groups is 1. The smallest absolute Gasteiger partial charge is 0.220 e. The molecule has 1 aromatic heterocycles. The number of benzene rings is 1. The maximum atomic E-state index is 13.0. The molecule has 2 aromatic rings. The highest BCUT2D eigenvalue weighted by Gasteiger charge is 2.20. The zero-order valence-corrected chi connectivity index (χ0v) is 10.4. The molecule has 0 saturated carbocycles. The van der Waals surface area contributed by atoms with Gasteiger partial charge in [0.05, 0.1) is 10.2 Å². The van der Waals surface area contributed by atoms with Gasteiger partial charge in [0.15, 0.2) is 5.13 Å². The minimum Gasteiger partial charge on any atom is -0.359 e. The van der Waals surface area contributed by atoms with Crippen molar-refractivity contribution in [2.45, 2.75) is 18.9 Å². The Kier molecular flexibility index (Phi) is 2.87. The molecule has 1 fully saturated rings. The van der Waals surface area contributed by atoms with E-state index in [1.807, 2.05) is 0 Å². The number of carbonyl (C=O) groups excluding carboxylic acids is 1. The minimum atomic E-state index is -0.276. The van der Waals surface area contributed by atoms with E-state index in [0.717, 1.165) is 16.3 Å². The molecule has 1 unspecified atom stereocenters. The summed E-state index contributed by atoms with van der Waals surface area (Å²) in [5.41, 5.74) is 0.665. The van der Waals surface area contributed by atoms with Gasteiger partial charge in [-0.25, -0.2) is 9.37 Å². The topological polar surface area (TPSA) is 54.0 Å². The number of rotatable bonds is 3. The Balaban J connectivity index is 1.69. The second-order valence-corrected chi connectivity index (χ2v) is 5.35. The highest BCUT2D eigenvalue weighted by Crippen LogP contribution is 2.26. The van der Waals surface area contributed by atoms with Crippen molar-refractivity contribution >= 4 is 32.6 Å². The van der Waals surface area contributed by atoms with E-state index in [2.05, 4.69) is 15.6 Å². The van der Waals surface area contributed by atoms with E-state index in [-0.39, 0.29) is 17.8 Å². The van der Waals surface area contributed by atoms with Crippen molar-refractivity contribution in [1.82, 2.24) is 10.3 Å². The van der Waals surface area contributed by atoms with Crippen LogP contribution >= 0.6 is 11.3 Å². The van der Waals surface area contributed by atoms with Gasteiger partial charge in [-0.2, -0.15) is 0 Å². The van der Waals surface area contributed by atoms with Gasteiger partial charge < -0.3 is 10.6 Å². The van der Waals surface area contributed by atoms with Crippen LogP contribution < -0.4 is 10.6 Å². The number of fused-ring (bicyclic) bond motifs is 1. The summed E-state index contributed by atoms with van der Waals surface area (Å²) in [5, 5.41) is 6.83. The van der Waals surface area contributed by atoms with E-state index < -0.39 is 0 Å². The van der Waals surface area contributed by atoms with E-state index >= 15 is 0 Å². The largest absolute Gasteiger partial charge is 0.359 e. The Morgan fingerprint density at radius 2 is 2.44 bits per heavy atom. The molecule has 1 aromatic carbocycles. The summed E-state index contributed by atoms with van der Waals surface area (Å²) in [6, 6.07) is 4.75. The van der Waals surface area contributed by atoms with Gasteiger partial charge in [0.2, 0.25) is 5.91 Å². The van der Waals surface area contributed by atoms with Crippen LogP contribution in [-0.4, -0.2) is 23.5 Å². The Hall–Kier alpha value is -1.69. The fraction of sp³-hybridized carbons (Fsp3) is 0.333. The van der Waals surface area contributed by atoms with E-state index in [0.29, 0.717) is 18.5 Å². The molecule has 6 heteroatoms. The number of amides is 1. The van der Waals surface area contributed by atoms with Gasteiger partial charge in [-0.05, 0) is 18.6 Å². The number of nitrogens with zero attached hydrogens (tertiary/aromatic N) is 1. The van der Waals surface area contributed by atoms with Crippen LogP contribution in [-0.2, 0) is 4.79 Å². The molecule has 0 spiro atoms. The Morgan fingerprint density at radius 1 is 1.56 bits per heavy atom. The fourth-order valence-electron chi connectivity index (χ4n) is 2.02. The van der Waals surface area contributed by atoms with Crippen LogP contribution in [0.1, 0.15) is 12.8 Å². The lowest BCUT2D eigenvalue weighted by atomic mass is 10.2. The summed E-state index contributed by atoms with van der Waals surface area (Å²) >= 11 is 1.49. The first-order valence-electron chi connectivity index (χ1n) is 5.80. The monoisotopic (exact) mass is 265 g/mol. The second-order valence-electron chi connectivity index (χ2n) is 4.32. The van der Waals surface area contributed by atoms with Crippen molar-refractivity contribution in [3.8, 4) is 0 Å². The molecular formula is C12H12FN3OS. The number of anilines is 1. The van der Waals surface area contributed by atoms with Crippen LogP contribution in [0.5, 0.6) is 0 Å². The molecule has 4 nitrogen and oxygen atoms in total. The highest BCUT2D eigenvalue weighted by atomic mass is 32.1. The van der Waals surface area contributed by atoms with Gasteiger partial charge in [-0.1, -0.05) is 11.3 Å². The van der Waals surface area contributed by atoms with Crippen LogP contribution in [0.15, 0.2) is 18.2 Å². The van der Waals surface area contributed by atoms with Crippen molar-refractivity contribution in [3.63, 3.8) is 0 Å². The number of nitrogens with one attached hydrogen (secondary N) is 2. The lowest BCUT2D eigenvalue weighted by Gasteiger charge is -2.09. The van der Waals surface area contributed by atoms with Gasteiger partial charge in [-0.3, -0.25) is 4.79 Å². The van der Waals surface area contributed by atoms with Crippen LogP contribution in [0.3, 0.4) is 0 Å². The number of halogens is 1. The minimum absolute atomic E-state index is 0.105. The van der Waals surface area contributed by atoms with Gasteiger partial charge >= 0.3 is 0 Å². The first-order chi connectivity index (χ1) is 8.70. The zero-order valence-electron chi connectivity index (χ0n) is 9.57. The van der Waals surface area contributed by atoms with E-state index in [1.165, 1.54) is 23.5 Å². The van der Waals surface area contributed by atoms with Gasteiger partial charge in [-0.15, -0.1) is 0 Å². The van der Waals surface area contributed by atoms with Crippen molar-refractivity contribution in [3.05, 3.63) is 24.0 Å². The second kappa shape index (κ2) is 4.53. The summed E-state index contributed by atoms with van der Waals surface area (Å²) in [4.78, 5) is 15.4. The average molecular weight is 265 g/mol. The van der Waals surface area contributed by atoms with E-state index in [1.54, 1.807) is 6.07 Å². The van der Waals surface area contributed by atoms with Crippen LogP contribution in [0.25, 0.3) is 10.2 Å². The molecule has 18 heavy (non-hydrogen) atoms. The molecule has 1 amide bonds. The summed E-state index contributed by atoms with van der Waals surface area (Å²) in [6.45, 7) is 0.661. The maximum absolute atomic E-state index is 13.0. The molecule has 0 radical (unpaired) electrons. The van der Waals surface area contributed by atoms with Crippen molar-refractivity contribution in [2.24, 2.45) is 0 Å². The lowest BCUT2D eigenvalue weighted by Crippen LogP contribution is -2.31. The molecule has 1 aliphatic rings. The standard InChI is InChI=1S/C12H12FN3OS/c13-7-1-3-10-9(5-7)16-12(18-10)14-6-8-2-4-11(17)15-8/h1,3,5,8H,2,4,6H2,(H,14,16)(H,15,17). The zero-order chi connectivity index (χ0) is 12.5. The van der Waals surface area contributed by atoms with E-state index in [9.17, 15) is 9.18 Å². The van der Waals surface area contributed by atoms with E-state index in [4.69, 9.17) is 0 Å². The fourth-order valence-corrected chi connectivity index (χ4v) is 2.87. The third-order valence-electron chi connectivity index (χ3n) is 2.93. The normalized spacial score (nSPS) is 19.2. The molecule has 3 rings (SSSR count).